The molecule has 1 heterocycles. The molecule has 0 aliphatic carbocycles. The Balaban J connectivity index is 1.48. The molecule has 0 saturated carbocycles. The van der Waals surface area contributed by atoms with E-state index in [1.807, 2.05) is 44.2 Å². The Morgan fingerprint density at radius 1 is 0.909 bits per heavy atom. The molecular formula is C24H30FN5O3. The lowest BCUT2D eigenvalue weighted by molar-refractivity contribution is -0.135. The van der Waals surface area contributed by atoms with Crippen molar-refractivity contribution in [1.82, 2.24) is 20.4 Å². The summed E-state index contributed by atoms with van der Waals surface area (Å²) in [6.45, 7) is 5.60. The molecule has 1 fully saturated rings. The average molecular weight is 456 g/mol. The number of piperazine rings is 1. The van der Waals surface area contributed by atoms with Gasteiger partial charge in [-0.05, 0) is 35.7 Å². The van der Waals surface area contributed by atoms with Crippen LogP contribution < -0.4 is 16.0 Å². The van der Waals surface area contributed by atoms with Crippen molar-refractivity contribution < 1.29 is 18.8 Å². The first kappa shape index (κ1) is 24.0. The van der Waals surface area contributed by atoms with Crippen LogP contribution in [-0.2, 0) is 11.3 Å². The predicted molar refractivity (Wildman–Crippen MR) is 124 cm³/mol. The Morgan fingerprint density at radius 2 is 1.52 bits per heavy atom. The van der Waals surface area contributed by atoms with Crippen LogP contribution in [0.1, 0.15) is 19.4 Å². The Kier molecular flexibility index (Phi) is 8.23. The summed E-state index contributed by atoms with van der Waals surface area (Å²) in [5.41, 5.74) is 1.47. The van der Waals surface area contributed by atoms with E-state index >= 15 is 0 Å². The number of urea groups is 2. The van der Waals surface area contributed by atoms with Gasteiger partial charge in [-0.2, -0.15) is 0 Å². The van der Waals surface area contributed by atoms with Gasteiger partial charge in [0.1, 0.15) is 11.9 Å². The number of benzene rings is 2. The second-order valence-electron chi connectivity index (χ2n) is 8.28. The third kappa shape index (κ3) is 6.93. The van der Waals surface area contributed by atoms with Gasteiger partial charge < -0.3 is 25.8 Å². The smallest absolute Gasteiger partial charge is 0.321 e. The Labute approximate surface area is 193 Å². The van der Waals surface area contributed by atoms with Crippen molar-refractivity contribution in [2.24, 2.45) is 5.92 Å². The standard InChI is InChI=1S/C24H30FN5O3/c1-17(2)21(28-23(32)26-16-18-6-4-3-5-7-18)22(31)29-12-14-30(15-13-29)24(33)27-20-10-8-19(25)9-11-20/h3-11,17,21H,12-16H2,1-2H3,(H,27,33)(H2,26,28,32). The second kappa shape index (κ2) is 11.3. The van der Waals surface area contributed by atoms with E-state index < -0.39 is 12.1 Å². The van der Waals surface area contributed by atoms with Crippen LogP contribution in [0.4, 0.5) is 19.7 Å². The predicted octanol–water partition coefficient (Wildman–Crippen LogP) is 3.03. The number of hydrogen-bond acceptors (Lipinski definition) is 3. The normalized spacial score (nSPS) is 14.5. The summed E-state index contributed by atoms with van der Waals surface area (Å²) in [5.74, 6) is -0.638. The van der Waals surface area contributed by atoms with Gasteiger partial charge in [0.05, 0.1) is 0 Å². The molecule has 3 N–H and O–H groups in total. The molecule has 176 valence electrons. The van der Waals surface area contributed by atoms with Crippen molar-refractivity contribution >= 4 is 23.7 Å². The van der Waals surface area contributed by atoms with Crippen LogP contribution in [0.2, 0.25) is 0 Å². The molecule has 1 aliphatic heterocycles. The number of amides is 5. The zero-order valence-electron chi connectivity index (χ0n) is 18.9. The Bertz CT molecular complexity index is 944. The van der Waals surface area contributed by atoms with Crippen molar-refractivity contribution in [3.8, 4) is 0 Å². The molecule has 0 radical (unpaired) electrons. The van der Waals surface area contributed by atoms with Crippen LogP contribution in [0.5, 0.6) is 0 Å². The van der Waals surface area contributed by atoms with E-state index in [0.29, 0.717) is 38.4 Å². The van der Waals surface area contributed by atoms with E-state index in [4.69, 9.17) is 0 Å². The van der Waals surface area contributed by atoms with E-state index in [2.05, 4.69) is 16.0 Å². The quantitative estimate of drug-likeness (QED) is 0.625. The minimum Gasteiger partial charge on any atom is -0.337 e. The highest BCUT2D eigenvalue weighted by Gasteiger charge is 2.31. The zero-order chi connectivity index (χ0) is 23.8. The summed E-state index contributed by atoms with van der Waals surface area (Å²) in [5, 5.41) is 8.30. The molecule has 2 aromatic carbocycles. The van der Waals surface area contributed by atoms with Crippen molar-refractivity contribution in [3.05, 3.63) is 66.0 Å². The molecule has 33 heavy (non-hydrogen) atoms. The summed E-state index contributed by atoms with van der Waals surface area (Å²) in [4.78, 5) is 41.2. The van der Waals surface area contributed by atoms with Crippen molar-refractivity contribution in [1.29, 1.82) is 0 Å². The highest BCUT2D eigenvalue weighted by molar-refractivity contribution is 5.90. The highest BCUT2D eigenvalue weighted by Crippen LogP contribution is 2.13. The molecule has 0 aromatic heterocycles. The van der Waals surface area contributed by atoms with Crippen LogP contribution in [0.15, 0.2) is 54.6 Å². The lowest BCUT2D eigenvalue weighted by Crippen LogP contribution is -2.58. The SMILES string of the molecule is CC(C)C(NC(=O)NCc1ccccc1)C(=O)N1CCN(C(=O)Nc2ccc(F)cc2)CC1. The monoisotopic (exact) mass is 455 g/mol. The van der Waals surface area contributed by atoms with Crippen LogP contribution in [-0.4, -0.2) is 60.0 Å². The van der Waals surface area contributed by atoms with Crippen LogP contribution >= 0.6 is 0 Å². The number of carbonyl (C=O) groups is 3. The fourth-order valence-corrected chi connectivity index (χ4v) is 3.55. The number of hydrogen-bond donors (Lipinski definition) is 3. The summed E-state index contributed by atoms with van der Waals surface area (Å²) in [6, 6.07) is 13.7. The summed E-state index contributed by atoms with van der Waals surface area (Å²) < 4.78 is 13.0. The van der Waals surface area contributed by atoms with Gasteiger partial charge in [-0.25, -0.2) is 14.0 Å². The summed E-state index contributed by atoms with van der Waals surface area (Å²) in [7, 11) is 0. The number of anilines is 1. The zero-order valence-corrected chi connectivity index (χ0v) is 18.9. The van der Waals surface area contributed by atoms with E-state index in [-0.39, 0.29) is 23.7 Å². The first-order valence-corrected chi connectivity index (χ1v) is 11.0. The van der Waals surface area contributed by atoms with Gasteiger partial charge in [0.2, 0.25) is 5.91 Å². The van der Waals surface area contributed by atoms with Gasteiger partial charge >= 0.3 is 12.1 Å². The van der Waals surface area contributed by atoms with Crippen molar-refractivity contribution in [2.45, 2.75) is 26.4 Å². The highest BCUT2D eigenvalue weighted by atomic mass is 19.1. The van der Waals surface area contributed by atoms with Crippen LogP contribution in [0, 0.1) is 11.7 Å². The van der Waals surface area contributed by atoms with Crippen molar-refractivity contribution in [2.75, 3.05) is 31.5 Å². The molecule has 2 aromatic rings. The topological polar surface area (TPSA) is 93.8 Å². The molecule has 5 amide bonds. The molecule has 0 spiro atoms. The number of rotatable bonds is 6. The molecular weight excluding hydrogens is 425 g/mol. The molecule has 8 nitrogen and oxygen atoms in total. The molecule has 1 aliphatic rings. The maximum absolute atomic E-state index is 13.1. The van der Waals surface area contributed by atoms with E-state index in [0.717, 1.165) is 5.56 Å². The fraction of sp³-hybridized carbons (Fsp3) is 0.375. The van der Waals surface area contributed by atoms with Gasteiger partial charge in [0, 0.05) is 38.4 Å². The van der Waals surface area contributed by atoms with Gasteiger partial charge in [-0.1, -0.05) is 44.2 Å². The van der Waals surface area contributed by atoms with Gasteiger partial charge in [0.25, 0.3) is 0 Å². The summed E-state index contributed by atoms with van der Waals surface area (Å²) in [6.07, 6.45) is 0. The minimum absolute atomic E-state index is 0.0974. The van der Waals surface area contributed by atoms with Gasteiger partial charge in [-0.3, -0.25) is 4.79 Å². The maximum Gasteiger partial charge on any atom is 0.321 e. The molecule has 1 unspecified atom stereocenters. The minimum atomic E-state index is -0.666. The Morgan fingerprint density at radius 3 is 2.12 bits per heavy atom. The molecule has 0 bridgehead atoms. The number of nitrogens with zero attached hydrogens (tertiary/aromatic N) is 2. The lowest BCUT2D eigenvalue weighted by Gasteiger charge is -2.37. The number of carbonyl (C=O) groups excluding carboxylic acids is 3. The van der Waals surface area contributed by atoms with Gasteiger partial charge in [-0.15, -0.1) is 0 Å². The fourth-order valence-electron chi connectivity index (χ4n) is 3.55. The van der Waals surface area contributed by atoms with E-state index in [9.17, 15) is 18.8 Å². The largest absolute Gasteiger partial charge is 0.337 e. The average Bonchev–Trinajstić information content (AvgIpc) is 2.83. The third-order valence-corrected chi connectivity index (χ3v) is 5.49. The third-order valence-electron chi connectivity index (χ3n) is 5.49. The first-order valence-electron chi connectivity index (χ1n) is 11.0. The Hall–Kier alpha value is -3.62. The van der Waals surface area contributed by atoms with E-state index in [1.165, 1.54) is 24.3 Å². The molecule has 1 atom stereocenters. The first-order chi connectivity index (χ1) is 15.8. The van der Waals surface area contributed by atoms with Crippen LogP contribution in [0.3, 0.4) is 0 Å². The van der Waals surface area contributed by atoms with E-state index in [1.54, 1.807) is 9.80 Å². The molecule has 9 heteroatoms. The second-order valence-corrected chi connectivity index (χ2v) is 8.28. The maximum atomic E-state index is 13.1. The molecule has 3 rings (SSSR count). The molecule has 1 saturated heterocycles. The number of nitrogens with one attached hydrogen (secondary N) is 3. The van der Waals surface area contributed by atoms with Crippen molar-refractivity contribution in [3.63, 3.8) is 0 Å². The van der Waals surface area contributed by atoms with Gasteiger partial charge in [0.15, 0.2) is 0 Å². The number of halogens is 1. The summed E-state index contributed by atoms with van der Waals surface area (Å²) >= 11 is 0. The lowest BCUT2D eigenvalue weighted by atomic mass is 10.0. The van der Waals surface area contributed by atoms with Crippen LogP contribution in [0.25, 0.3) is 0 Å².